The SMILES string of the molecule is O=C(O)c1cc(C(=O)O)c(C(=O)OC(=O)c2cc(Cl)c(C(=O)O)cc2C(=O)O)cc1Cl. The van der Waals surface area contributed by atoms with Gasteiger partial charge in [-0.05, 0) is 24.3 Å². The van der Waals surface area contributed by atoms with Crippen LogP contribution in [0, 0.1) is 0 Å². The first kappa shape index (κ1) is 23.3. The van der Waals surface area contributed by atoms with Gasteiger partial charge in [0.1, 0.15) is 0 Å². The van der Waals surface area contributed by atoms with E-state index in [9.17, 15) is 39.0 Å². The lowest BCUT2D eigenvalue weighted by molar-refractivity contribution is 0.0385. The Bertz CT molecular complexity index is 1090. The van der Waals surface area contributed by atoms with Crippen LogP contribution in [0.4, 0.5) is 0 Å². The lowest BCUT2D eigenvalue weighted by Crippen LogP contribution is -2.19. The number of hydrogen-bond donors (Lipinski definition) is 4. The fourth-order valence-corrected chi connectivity index (χ4v) is 2.85. The minimum absolute atomic E-state index is 0.531. The molecule has 0 saturated heterocycles. The van der Waals surface area contributed by atoms with E-state index >= 15 is 0 Å². The maximum atomic E-state index is 12.3. The van der Waals surface area contributed by atoms with Crippen molar-refractivity contribution in [1.29, 1.82) is 0 Å². The number of benzene rings is 2. The number of esters is 2. The summed E-state index contributed by atoms with van der Waals surface area (Å²) >= 11 is 11.4. The molecule has 0 aliphatic rings. The van der Waals surface area contributed by atoms with Crippen LogP contribution in [0.3, 0.4) is 0 Å². The number of carboxylic acids is 4. The number of carbonyl (C=O) groups excluding carboxylic acids is 2. The molecule has 31 heavy (non-hydrogen) atoms. The second-order valence-electron chi connectivity index (χ2n) is 5.65. The van der Waals surface area contributed by atoms with Crippen molar-refractivity contribution in [3.63, 3.8) is 0 Å². The predicted molar refractivity (Wildman–Crippen MR) is 100 cm³/mol. The van der Waals surface area contributed by atoms with Crippen molar-refractivity contribution in [2.45, 2.75) is 0 Å². The summed E-state index contributed by atoms with van der Waals surface area (Å²) in [6, 6.07) is 2.47. The molecule has 0 aliphatic heterocycles. The standard InChI is InChI=1S/C18H8Cl2O11/c19-11-3-7(5(13(21)22)1-9(11)15(25)26)17(29)31-18(30)8-4-12(20)10(16(27)28)2-6(8)14(23)24/h1-4H,(H,21,22)(H,23,24)(H,25,26)(H,27,28). The van der Waals surface area contributed by atoms with Crippen LogP contribution in [0.25, 0.3) is 0 Å². The van der Waals surface area contributed by atoms with Crippen LogP contribution in [0.2, 0.25) is 10.0 Å². The molecule has 160 valence electrons. The summed E-state index contributed by atoms with van der Waals surface area (Å²) in [5.74, 6) is -9.81. The number of halogens is 2. The Morgan fingerprint density at radius 2 is 0.806 bits per heavy atom. The zero-order chi connectivity index (χ0) is 23.6. The second-order valence-corrected chi connectivity index (χ2v) is 6.47. The van der Waals surface area contributed by atoms with Gasteiger partial charge in [0, 0.05) is 0 Å². The molecule has 2 aromatic rings. The number of ether oxygens (including phenoxy) is 1. The minimum atomic E-state index is -1.74. The van der Waals surface area contributed by atoms with Gasteiger partial charge >= 0.3 is 35.8 Å². The van der Waals surface area contributed by atoms with Crippen LogP contribution in [0.5, 0.6) is 0 Å². The summed E-state index contributed by atoms with van der Waals surface area (Å²) in [6.07, 6.45) is 0. The molecular formula is C18H8Cl2O11. The molecule has 0 atom stereocenters. The Hall–Kier alpha value is -3.96. The van der Waals surface area contributed by atoms with Crippen molar-refractivity contribution in [2.75, 3.05) is 0 Å². The highest BCUT2D eigenvalue weighted by atomic mass is 35.5. The molecular weight excluding hydrogens is 463 g/mol. The van der Waals surface area contributed by atoms with Crippen LogP contribution < -0.4 is 0 Å². The quantitative estimate of drug-likeness (QED) is 0.358. The number of hydrogen-bond acceptors (Lipinski definition) is 7. The maximum Gasteiger partial charge on any atom is 0.346 e. The molecule has 0 amide bonds. The molecule has 0 radical (unpaired) electrons. The zero-order valence-corrected chi connectivity index (χ0v) is 16.2. The van der Waals surface area contributed by atoms with E-state index in [0.717, 1.165) is 0 Å². The average molecular weight is 471 g/mol. The fraction of sp³-hybridized carbons (Fsp3) is 0. The van der Waals surface area contributed by atoms with Gasteiger partial charge in [-0.15, -0.1) is 0 Å². The van der Waals surface area contributed by atoms with Crippen molar-refractivity contribution in [2.24, 2.45) is 0 Å². The molecule has 0 aliphatic carbocycles. The molecule has 0 bridgehead atoms. The average Bonchev–Trinajstić information content (AvgIpc) is 2.66. The van der Waals surface area contributed by atoms with Gasteiger partial charge < -0.3 is 25.2 Å². The van der Waals surface area contributed by atoms with Crippen molar-refractivity contribution < 1.29 is 53.9 Å². The molecule has 0 spiro atoms. The smallest absolute Gasteiger partial charge is 0.346 e. The van der Waals surface area contributed by atoms with E-state index in [1.165, 1.54) is 0 Å². The second kappa shape index (κ2) is 8.81. The van der Waals surface area contributed by atoms with Gasteiger partial charge in [-0.25, -0.2) is 28.8 Å². The van der Waals surface area contributed by atoms with E-state index in [2.05, 4.69) is 4.74 Å². The summed E-state index contributed by atoms with van der Waals surface area (Å²) in [5, 5.41) is 35.4. The molecule has 0 heterocycles. The molecule has 13 heteroatoms. The Morgan fingerprint density at radius 1 is 0.516 bits per heavy atom. The first-order valence-corrected chi connectivity index (χ1v) is 8.47. The minimum Gasteiger partial charge on any atom is -0.478 e. The van der Waals surface area contributed by atoms with Gasteiger partial charge in [-0.3, -0.25) is 0 Å². The summed E-state index contributed by atoms with van der Waals surface area (Å²) in [5.41, 5.74) is -4.55. The number of carboxylic acid groups (broad SMARTS) is 4. The third kappa shape index (κ3) is 4.79. The lowest BCUT2D eigenvalue weighted by atomic mass is 10.0. The highest BCUT2D eigenvalue weighted by Gasteiger charge is 2.28. The Labute approximate surface area is 181 Å². The Morgan fingerprint density at radius 3 is 1.06 bits per heavy atom. The molecule has 0 fully saturated rings. The lowest BCUT2D eigenvalue weighted by Gasteiger charge is -2.11. The highest BCUT2D eigenvalue weighted by Crippen LogP contribution is 2.25. The third-order valence-corrected chi connectivity index (χ3v) is 4.39. The van der Waals surface area contributed by atoms with Crippen LogP contribution in [-0.4, -0.2) is 56.2 Å². The van der Waals surface area contributed by atoms with Gasteiger partial charge in [0.25, 0.3) is 0 Å². The largest absolute Gasteiger partial charge is 0.478 e. The van der Waals surface area contributed by atoms with Crippen molar-refractivity contribution in [3.05, 3.63) is 67.7 Å². The van der Waals surface area contributed by atoms with Gasteiger partial charge in [-0.2, -0.15) is 0 Å². The summed E-state index contributed by atoms with van der Waals surface area (Å²) in [7, 11) is 0. The Kier molecular flexibility index (Phi) is 6.63. The van der Waals surface area contributed by atoms with Crippen LogP contribution in [0.1, 0.15) is 62.1 Å². The van der Waals surface area contributed by atoms with Crippen molar-refractivity contribution >= 4 is 59.0 Å². The van der Waals surface area contributed by atoms with E-state index in [4.69, 9.17) is 33.4 Å². The molecule has 0 unspecified atom stereocenters. The number of aromatic carboxylic acids is 4. The zero-order valence-electron chi connectivity index (χ0n) is 14.7. The fourth-order valence-electron chi connectivity index (χ4n) is 2.36. The molecule has 11 nitrogen and oxygen atoms in total. The topological polar surface area (TPSA) is 193 Å². The van der Waals surface area contributed by atoms with E-state index in [1.54, 1.807) is 0 Å². The first-order valence-electron chi connectivity index (χ1n) is 7.71. The van der Waals surface area contributed by atoms with E-state index < -0.39 is 79.2 Å². The normalized spacial score (nSPS) is 10.3. The van der Waals surface area contributed by atoms with Gasteiger partial charge in [-0.1, -0.05) is 23.2 Å². The van der Waals surface area contributed by atoms with E-state index in [1.807, 2.05) is 0 Å². The summed E-state index contributed by atoms with van der Waals surface area (Å²) in [4.78, 5) is 69.6. The van der Waals surface area contributed by atoms with E-state index in [-0.39, 0.29) is 0 Å². The Balaban J connectivity index is 2.51. The molecule has 4 N–H and O–H groups in total. The summed E-state index contributed by atoms with van der Waals surface area (Å²) in [6.45, 7) is 0. The third-order valence-electron chi connectivity index (χ3n) is 3.76. The van der Waals surface area contributed by atoms with Gasteiger partial charge in [0.2, 0.25) is 0 Å². The van der Waals surface area contributed by atoms with Crippen molar-refractivity contribution in [1.82, 2.24) is 0 Å². The summed E-state index contributed by atoms with van der Waals surface area (Å²) < 4.78 is 4.50. The van der Waals surface area contributed by atoms with Gasteiger partial charge in [0.15, 0.2) is 0 Å². The van der Waals surface area contributed by atoms with Crippen LogP contribution in [-0.2, 0) is 4.74 Å². The molecule has 0 aromatic heterocycles. The van der Waals surface area contributed by atoms with Crippen LogP contribution >= 0.6 is 23.2 Å². The van der Waals surface area contributed by atoms with Gasteiger partial charge in [0.05, 0.1) is 43.4 Å². The monoisotopic (exact) mass is 470 g/mol. The number of carbonyl (C=O) groups is 6. The predicted octanol–water partition coefficient (Wildman–Crippen LogP) is 2.78. The molecule has 0 saturated carbocycles. The number of rotatable bonds is 6. The highest BCUT2D eigenvalue weighted by molar-refractivity contribution is 6.35. The molecule has 2 rings (SSSR count). The van der Waals surface area contributed by atoms with E-state index in [0.29, 0.717) is 24.3 Å². The molecule has 2 aromatic carbocycles. The van der Waals surface area contributed by atoms with Crippen molar-refractivity contribution in [3.8, 4) is 0 Å². The van der Waals surface area contributed by atoms with Crippen LogP contribution in [0.15, 0.2) is 24.3 Å². The maximum absolute atomic E-state index is 12.3. The first-order chi connectivity index (χ1) is 14.3.